The first-order valence-corrected chi connectivity index (χ1v) is 5.16. The van der Waals surface area contributed by atoms with Crippen LogP contribution in [0.25, 0.3) is 0 Å². The molecule has 12 heavy (non-hydrogen) atoms. The number of hydrogen-bond acceptors (Lipinski definition) is 4. The molecule has 0 aromatic carbocycles. The van der Waals surface area contributed by atoms with E-state index in [1.807, 2.05) is 0 Å². The van der Waals surface area contributed by atoms with Crippen molar-refractivity contribution in [2.75, 3.05) is 13.2 Å². The molecule has 1 amide bonds. The molecule has 0 rings (SSSR count). The summed E-state index contributed by atoms with van der Waals surface area (Å²) in [6, 6.07) is 0. The standard InChI is InChI=1S/C5H9I2NO4/c6-5(7,4(8)11)12-2-3(10)1-9/h3,9-10H,1-2H2,(H2,8,11). The van der Waals surface area contributed by atoms with E-state index < -0.39 is 20.2 Å². The molecule has 5 nitrogen and oxygen atoms in total. The number of nitrogens with two attached hydrogens (primary N) is 1. The summed E-state index contributed by atoms with van der Waals surface area (Å²) in [7, 11) is 0. The van der Waals surface area contributed by atoms with E-state index in [0.29, 0.717) is 0 Å². The summed E-state index contributed by atoms with van der Waals surface area (Å²) in [4.78, 5) is 10.7. The molecule has 4 N–H and O–H groups in total. The lowest BCUT2D eigenvalue weighted by atomic mass is 10.4. The van der Waals surface area contributed by atoms with E-state index in [9.17, 15) is 4.79 Å². The van der Waals surface area contributed by atoms with Crippen molar-refractivity contribution in [3.63, 3.8) is 0 Å². The van der Waals surface area contributed by atoms with E-state index in [1.165, 1.54) is 0 Å². The predicted molar refractivity (Wildman–Crippen MR) is 59.0 cm³/mol. The lowest BCUT2D eigenvalue weighted by Crippen LogP contribution is -2.37. The minimum absolute atomic E-state index is 0.120. The van der Waals surface area contributed by atoms with Gasteiger partial charge in [0.1, 0.15) is 6.10 Å². The summed E-state index contributed by atoms with van der Waals surface area (Å²) in [6.07, 6.45) is -0.978. The van der Waals surface area contributed by atoms with Crippen molar-refractivity contribution in [3.05, 3.63) is 0 Å². The first kappa shape index (κ1) is 12.8. The largest absolute Gasteiger partial charge is 0.394 e. The number of carbonyl (C=O) groups is 1. The van der Waals surface area contributed by atoms with Crippen LogP contribution in [0.3, 0.4) is 0 Å². The zero-order chi connectivity index (χ0) is 9.78. The Kier molecular flexibility index (Phi) is 5.89. The highest BCUT2D eigenvalue weighted by molar-refractivity contribution is 14.2. The van der Waals surface area contributed by atoms with E-state index in [4.69, 9.17) is 20.7 Å². The molecule has 0 aromatic heterocycles. The lowest BCUT2D eigenvalue weighted by Gasteiger charge is -2.18. The van der Waals surface area contributed by atoms with Gasteiger partial charge < -0.3 is 20.7 Å². The Bertz CT molecular complexity index is 164. The van der Waals surface area contributed by atoms with Gasteiger partial charge in [-0.15, -0.1) is 0 Å². The van der Waals surface area contributed by atoms with Crippen LogP contribution in [-0.2, 0) is 9.53 Å². The molecule has 1 atom stereocenters. The molecule has 0 spiro atoms. The van der Waals surface area contributed by atoms with Crippen molar-refractivity contribution in [1.29, 1.82) is 0 Å². The Morgan fingerprint density at radius 3 is 2.50 bits per heavy atom. The number of aliphatic hydroxyl groups excluding tert-OH is 2. The second-order valence-corrected chi connectivity index (χ2v) is 7.13. The topological polar surface area (TPSA) is 92.8 Å². The molecule has 0 aliphatic heterocycles. The van der Waals surface area contributed by atoms with Gasteiger partial charge in [0.05, 0.1) is 13.2 Å². The molecular formula is C5H9I2NO4. The number of ether oxygens (including phenoxy) is 1. The molecule has 0 bridgehead atoms. The molecule has 0 aromatic rings. The molecule has 0 aliphatic carbocycles. The predicted octanol–water partition coefficient (Wildman–Crippen LogP) is -0.635. The maximum absolute atomic E-state index is 10.7. The van der Waals surface area contributed by atoms with E-state index >= 15 is 0 Å². The molecule has 7 heteroatoms. The number of amides is 1. The third-order valence-corrected chi connectivity index (χ3v) is 2.64. The summed E-state index contributed by atoms with van der Waals surface area (Å²) in [5.74, 6) is -0.631. The number of rotatable bonds is 5. The van der Waals surface area contributed by atoms with Crippen LogP contribution in [0.5, 0.6) is 0 Å². The number of carbonyl (C=O) groups excluding carboxylic acids is 1. The summed E-state index contributed by atoms with van der Waals surface area (Å²) in [5, 5.41) is 17.3. The second kappa shape index (κ2) is 5.52. The van der Waals surface area contributed by atoms with Crippen molar-refractivity contribution in [1.82, 2.24) is 0 Å². The van der Waals surface area contributed by atoms with Gasteiger partial charge in [0.25, 0.3) is 5.91 Å². The number of halogens is 2. The molecule has 0 fully saturated rings. The van der Waals surface area contributed by atoms with Gasteiger partial charge >= 0.3 is 0 Å². The highest BCUT2D eigenvalue weighted by Crippen LogP contribution is 2.28. The van der Waals surface area contributed by atoms with Crippen molar-refractivity contribution in [2.45, 2.75) is 7.72 Å². The molecule has 0 saturated heterocycles. The zero-order valence-corrected chi connectivity index (χ0v) is 10.4. The fourth-order valence-electron chi connectivity index (χ4n) is 0.325. The lowest BCUT2D eigenvalue weighted by molar-refractivity contribution is -0.126. The molecule has 1 unspecified atom stereocenters. The third kappa shape index (κ3) is 4.74. The van der Waals surface area contributed by atoms with Crippen LogP contribution in [0, 0.1) is 0 Å². The quantitative estimate of drug-likeness (QED) is 0.423. The van der Waals surface area contributed by atoms with Crippen LogP contribution in [0.4, 0.5) is 0 Å². The average Bonchev–Trinajstić information content (AvgIpc) is 2.00. The first-order chi connectivity index (χ1) is 5.40. The molecule has 0 radical (unpaired) electrons. The summed E-state index contributed by atoms with van der Waals surface area (Å²) >= 11 is 3.43. The van der Waals surface area contributed by atoms with E-state index in [0.717, 1.165) is 0 Å². The van der Waals surface area contributed by atoms with Crippen LogP contribution in [0.1, 0.15) is 0 Å². The first-order valence-electron chi connectivity index (χ1n) is 3.00. The highest BCUT2D eigenvalue weighted by atomic mass is 127. The number of alkyl halides is 2. The summed E-state index contributed by atoms with van der Waals surface area (Å²) in [5.41, 5.74) is 4.97. The average molecular weight is 401 g/mol. The van der Waals surface area contributed by atoms with Gasteiger partial charge in [0.2, 0.25) is 1.61 Å². The number of hydrogen-bond donors (Lipinski definition) is 3. The smallest absolute Gasteiger partial charge is 0.270 e. The van der Waals surface area contributed by atoms with Gasteiger partial charge in [0, 0.05) is 0 Å². The van der Waals surface area contributed by atoms with Crippen molar-refractivity contribution >= 4 is 51.1 Å². The van der Waals surface area contributed by atoms with E-state index in [1.54, 1.807) is 45.2 Å². The highest BCUT2D eigenvalue weighted by Gasteiger charge is 2.31. The van der Waals surface area contributed by atoms with Gasteiger partial charge in [-0.1, -0.05) is 0 Å². The van der Waals surface area contributed by atoms with Crippen LogP contribution in [0.2, 0.25) is 0 Å². The van der Waals surface area contributed by atoms with Gasteiger partial charge in [0.15, 0.2) is 0 Å². The van der Waals surface area contributed by atoms with Crippen LogP contribution < -0.4 is 5.73 Å². The van der Waals surface area contributed by atoms with Gasteiger partial charge in [-0.25, -0.2) is 0 Å². The zero-order valence-electron chi connectivity index (χ0n) is 6.04. The monoisotopic (exact) mass is 401 g/mol. The van der Waals surface area contributed by atoms with Crippen molar-refractivity contribution < 1.29 is 19.7 Å². The van der Waals surface area contributed by atoms with E-state index in [2.05, 4.69) is 0 Å². The number of aliphatic hydroxyl groups is 2. The third-order valence-electron chi connectivity index (χ3n) is 0.955. The van der Waals surface area contributed by atoms with Crippen LogP contribution in [0.15, 0.2) is 0 Å². The Balaban J connectivity index is 3.83. The fourth-order valence-corrected chi connectivity index (χ4v) is 0.684. The molecule has 0 heterocycles. The maximum atomic E-state index is 10.7. The maximum Gasteiger partial charge on any atom is 0.270 e. The van der Waals surface area contributed by atoms with E-state index in [-0.39, 0.29) is 6.61 Å². The van der Waals surface area contributed by atoms with Crippen LogP contribution in [-0.4, -0.2) is 37.1 Å². The van der Waals surface area contributed by atoms with Crippen molar-refractivity contribution in [2.24, 2.45) is 5.73 Å². The molecule has 72 valence electrons. The Labute approximate surface area is 96.9 Å². The minimum Gasteiger partial charge on any atom is -0.394 e. The Hall–Kier alpha value is 0.810. The van der Waals surface area contributed by atoms with Gasteiger partial charge in [-0.2, -0.15) is 0 Å². The fraction of sp³-hybridized carbons (Fsp3) is 0.800. The Morgan fingerprint density at radius 1 is 1.67 bits per heavy atom. The molecule has 0 aliphatic rings. The SMILES string of the molecule is NC(=O)C(I)(I)OCC(O)CO. The van der Waals surface area contributed by atoms with Gasteiger partial charge in [-0.05, 0) is 45.2 Å². The summed E-state index contributed by atoms with van der Waals surface area (Å²) < 4.78 is 3.77. The van der Waals surface area contributed by atoms with Crippen LogP contribution >= 0.6 is 45.2 Å². The molecular weight excluding hydrogens is 392 g/mol. The normalized spacial score (nSPS) is 14.3. The summed E-state index contributed by atoms with van der Waals surface area (Å²) in [6.45, 7) is -0.520. The second-order valence-electron chi connectivity index (χ2n) is 2.03. The molecule has 0 saturated carbocycles. The van der Waals surface area contributed by atoms with Crippen molar-refractivity contribution in [3.8, 4) is 0 Å². The minimum atomic E-state index is -1.16. The number of primary amides is 1. The Morgan fingerprint density at radius 2 is 2.17 bits per heavy atom. The van der Waals surface area contributed by atoms with Gasteiger partial charge in [-0.3, -0.25) is 4.79 Å².